The van der Waals surface area contributed by atoms with Gasteiger partial charge in [-0.1, -0.05) is 47.5 Å². The molecule has 3 nitrogen and oxygen atoms in total. The molecule has 0 aliphatic carbocycles. The molecule has 0 aromatic heterocycles. The third kappa shape index (κ3) is 3.86. The van der Waals surface area contributed by atoms with Crippen LogP contribution in [0.4, 0.5) is 5.69 Å². The molecule has 0 saturated carbocycles. The molecule has 1 atom stereocenters. The largest absolute Gasteiger partial charge is 0.348 e. The van der Waals surface area contributed by atoms with Gasteiger partial charge in [0.25, 0.3) is 0 Å². The Hall–Kier alpha value is -1.26. The van der Waals surface area contributed by atoms with Crippen molar-refractivity contribution < 1.29 is 4.79 Å². The van der Waals surface area contributed by atoms with E-state index in [1.165, 1.54) is 18.4 Å². The second-order valence-electron chi connectivity index (χ2n) is 8.98. The zero-order valence-electron chi connectivity index (χ0n) is 17.8. The number of hydrogen-bond donors (Lipinski definition) is 0. The number of ketones is 1. The van der Waals surface area contributed by atoms with Crippen LogP contribution in [0.1, 0.15) is 44.7 Å². The van der Waals surface area contributed by atoms with E-state index >= 15 is 0 Å². The van der Waals surface area contributed by atoms with Gasteiger partial charge in [0.1, 0.15) is 5.54 Å². The summed E-state index contributed by atoms with van der Waals surface area (Å²) in [4.78, 5) is 18.3. The number of benzene rings is 2. The minimum Gasteiger partial charge on any atom is -0.348 e. The number of Topliss-reactive ketones (excluding diaryl/α,β-unsaturated/α-hetero) is 1. The van der Waals surface area contributed by atoms with Gasteiger partial charge in [-0.25, -0.2) is 0 Å². The first-order valence-electron chi connectivity index (χ1n) is 10.3. The van der Waals surface area contributed by atoms with E-state index in [-0.39, 0.29) is 23.7 Å². The summed E-state index contributed by atoms with van der Waals surface area (Å²) in [6, 6.07) is 14.2. The molecule has 162 valence electrons. The number of rotatable bonds is 4. The molecular weight excluding hydrogens is 439 g/mol. The first kappa shape index (κ1) is 23.4. The van der Waals surface area contributed by atoms with Gasteiger partial charge in [0.2, 0.25) is 0 Å². The monoisotopic (exact) mass is 466 g/mol. The molecule has 2 aromatic carbocycles. The van der Waals surface area contributed by atoms with Gasteiger partial charge in [0.15, 0.2) is 5.78 Å². The zero-order chi connectivity index (χ0) is 20.8. The molecule has 0 spiro atoms. The first-order chi connectivity index (χ1) is 13.8. The van der Waals surface area contributed by atoms with Gasteiger partial charge in [-0.2, -0.15) is 0 Å². The lowest BCUT2D eigenvalue weighted by molar-refractivity contribution is -0.124. The normalized spacial score (nSPS) is 23.0. The number of nitrogens with zero attached hydrogens (tertiary/aromatic N) is 2. The molecule has 0 bridgehead atoms. The van der Waals surface area contributed by atoms with Crippen LogP contribution in [0.15, 0.2) is 42.5 Å². The average Bonchev–Trinajstić information content (AvgIpc) is 3.16. The highest BCUT2D eigenvalue weighted by Gasteiger charge is 2.54. The Balaban J connectivity index is 0.00000256. The number of likely N-dealkylation sites (tertiary alicyclic amines) is 1. The van der Waals surface area contributed by atoms with Crippen LogP contribution in [0.25, 0.3) is 0 Å². The van der Waals surface area contributed by atoms with E-state index < -0.39 is 5.54 Å². The van der Waals surface area contributed by atoms with Crippen molar-refractivity contribution in [1.29, 1.82) is 0 Å². The molecule has 1 fully saturated rings. The molecule has 30 heavy (non-hydrogen) atoms. The second kappa shape index (κ2) is 8.70. The Bertz CT molecular complexity index is 940. The molecule has 0 N–H and O–H groups in total. The van der Waals surface area contributed by atoms with Crippen molar-refractivity contribution in [2.45, 2.75) is 51.1 Å². The van der Waals surface area contributed by atoms with Crippen LogP contribution in [-0.4, -0.2) is 35.9 Å². The fraction of sp³-hybridized carbons (Fsp3) is 0.458. The predicted molar refractivity (Wildman–Crippen MR) is 128 cm³/mol. The number of carbonyl (C=O) groups excluding carboxylic acids is 1. The van der Waals surface area contributed by atoms with Crippen LogP contribution in [0.3, 0.4) is 0 Å². The second-order valence-corrected chi connectivity index (χ2v) is 9.79. The van der Waals surface area contributed by atoms with Crippen LogP contribution in [0.5, 0.6) is 0 Å². The van der Waals surface area contributed by atoms with E-state index in [1.54, 1.807) is 6.92 Å². The summed E-state index contributed by atoms with van der Waals surface area (Å²) in [5.41, 5.74) is 2.28. The van der Waals surface area contributed by atoms with Gasteiger partial charge in [-0.15, -0.1) is 12.4 Å². The fourth-order valence-electron chi connectivity index (χ4n) is 5.33. The smallest absolute Gasteiger partial charge is 0.161 e. The van der Waals surface area contributed by atoms with E-state index in [1.807, 2.05) is 24.3 Å². The van der Waals surface area contributed by atoms with Crippen molar-refractivity contribution in [2.24, 2.45) is 0 Å². The van der Waals surface area contributed by atoms with E-state index in [2.05, 4.69) is 41.8 Å². The average molecular weight is 468 g/mol. The number of fused-ring (bicyclic) bond motifs is 1. The summed E-state index contributed by atoms with van der Waals surface area (Å²) in [7, 11) is 0. The third-order valence-corrected chi connectivity index (χ3v) is 7.21. The Morgan fingerprint density at radius 3 is 2.33 bits per heavy atom. The summed E-state index contributed by atoms with van der Waals surface area (Å²) in [5, 5.41) is 1.04. The molecule has 0 radical (unpaired) electrons. The van der Waals surface area contributed by atoms with Gasteiger partial charge < -0.3 is 9.80 Å². The molecule has 1 saturated heterocycles. The maximum absolute atomic E-state index is 13.6. The number of halogens is 3. The van der Waals surface area contributed by atoms with Gasteiger partial charge in [0.05, 0.1) is 10.0 Å². The topological polar surface area (TPSA) is 23.6 Å². The van der Waals surface area contributed by atoms with Gasteiger partial charge in [-0.05, 0) is 82.4 Å². The maximum Gasteiger partial charge on any atom is 0.161 e. The van der Waals surface area contributed by atoms with Crippen molar-refractivity contribution in [1.82, 2.24) is 4.90 Å². The van der Waals surface area contributed by atoms with Crippen molar-refractivity contribution in [2.75, 3.05) is 24.5 Å². The lowest BCUT2D eigenvalue weighted by Gasteiger charge is -2.57. The van der Waals surface area contributed by atoms with Crippen LogP contribution in [0, 0.1) is 0 Å². The maximum atomic E-state index is 13.6. The molecule has 2 aromatic rings. The predicted octanol–water partition coefficient (Wildman–Crippen LogP) is 6.14. The lowest BCUT2D eigenvalue weighted by Crippen LogP contribution is -2.67. The highest BCUT2D eigenvalue weighted by molar-refractivity contribution is 6.42. The number of carbonyl (C=O) groups is 1. The minimum atomic E-state index is -0.764. The molecular formula is C24H29Cl3N2O. The summed E-state index contributed by atoms with van der Waals surface area (Å²) in [6.45, 7) is 8.92. The Morgan fingerprint density at radius 1 is 1.03 bits per heavy atom. The van der Waals surface area contributed by atoms with E-state index in [0.717, 1.165) is 30.8 Å². The molecule has 2 aliphatic heterocycles. The summed E-state index contributed by atoms with van der Waals surface area (Å²) < 4.78 is 0. The highest BCUT2D eigenvalue weighted by Crippen LogP contribution is 2.48. The van der Waals surface area contributed by atoms with E-state index in [4.69, 9.17) is 23.2 Å². The van der Waals surface area contributed by atoms with Gasteiger partial charge in [0, 0.05) is 17.8 Å². The quantitative estimate of drug-likeness (QED) is 0.540. The van der Waals surface area contributed by atoms with Crippen LogP contribution >= 0.6 is 35.6 Å². The minimum absolute atomic E-state index is 0. The first-order valence-corrected chi connectivity index (χ1v) is 11.1. The van der Waals surface area contributed by atoms with Crippen molar-refractivity contribution in [3.05, 3.63) is 63.6 Å². The number of anilines is 1. The van der Waals surface area contributed by atoms with Gasteiger partial charge >= 0.3 is 0 Å². The Morgan fingerprint density at radius 2 is 1.70 bits per heavy atom. The van der Waals surface area contributed by atoms with Gasteiger partial charge in [-0.3, -0.25) is 4.79 Å². The SMILES string of the molecule is CC(=O)C1(CN2CCCC2)c2ccccc2CC(C)(C)N1c1ccc(Cl)c(Cl)c1.Cl. The van der Waals surface area contributed by atoms with Crippen molar-refractivity contribution in [3.8, 4) is 0 Å². The molecule has 6 heteroatoms. The summed E-state index contributed by atoms with van der Waals surface area (Å²) >= 11 is 12.6. The summed E-state index contributed by atoms with van der Waals surface area (Å²) in [5.74, 6) is 0.163. The van der Waals surface area contributed by atoms with Crippen LogP contribution in [-0.2, 0) is 16.8 Å². The third-order valence-electron chi connectivity index (χ3n) is 6.47. The Kier molecular flexibility index (Phi) is 6.79. The Labute approximate surface area is 195 Å². The van der Waals surface area contributed by atoms with E-state index in [9.17, 15) is 4.79 Å². The molecule has 2 heterocycles. The van der Waals surface area contributed by atoms with Crippen molar-refractivity contribution in [3.63, 3.8) is 0 Å². The van der Waals surface area contributed by atoms with Crippen LogP contribution in [0.2, 0.25) is 10.0 Å². The lowest BCUT2D eigenvalue weighted by atomic mass is 9.71. The molecule has 1 unspecified atom stereocenters. The van der Waals surface area contributed by atoms with Crippen molar-refractivity contribution >= 4 is 47.1 Å². The zero-order valence-corrected chi connectivity index (χ0v) is 20.1. The number of hydrogen-bond acceptors (Lipinski definition) is 3. The molecule has 0 amide bonds. The van der Waals surface area contributed by atoms with E-state index in [0.29, 0.717) is 16.6 Å². The highest BCUT2D eigenvalue weighted by atomic mass is 35.5. The summed E-state index contributed by atoms with van der Waals surface area (Å²) in [6.07, 6.45) is 3.23. The molecule has 4 rings (SSSR count). The molecule has 2 aliphatic rings. The van der Waals surface area contributed by atoms with Crippen LogP contribution < -0.4 is 4.90 Å². The standard InChI is InChI=1S/C24H28Cl2N2O.ClH/c1-17(29)24(16-27-12-6-7-13-27)20-9-5-4-8-18(20)15-23(2,3)28(24)19-10-11-21(25)22(26)14-19;/h4-5,8-11,14H,6-7,12-13,15-16H2,1-3H3;1H. The fourth-order valence-corrected chi connectivity index (χ4v) is 5.63.